The zero-order valence-corrected chi connectivity index (χ0v) is 11.9. The molecule has 1 saturated heterocycles. The van der Waals surface area contributed by atoms with Crippen molar-refractivity contribution in [1.29, 1.82) is 0 Å². The van der Waals surface area contributed by atoms with Crippen molar-refractivity contribution < 1.29 is 0 Å². The van der Waals surface area contributed by atoms with Gasteiger partial charge in [0.25, 0.3) is 0 Å². The van der Waals surface area contributed by atoms with Crippen molar-refractivity contribution in [3.05, 3.63) is 30.0 Å². The molecule has 0 unspecified atom stereocenters. The van der Waals surface area contributed by atoms with Crippen LogP contribution in [0.15, 0.2) is 29.3 Å². The smallest absolute Gasteiger partial charge is 0.0465 e. The quantitative estimate of drug-likeness (QED) is 0.888. The van der Waals surface area contributed by atoms with Crippen molar-refractivity contribution in [2.75, 3.05) is 20.1 Å². The Labute approximate surface area is 113 Å². The van der Waals surface area contributed by atoms with E-state index in [1.54, 1.807) is 0 Å². The molecule has 2 aromatic rings. The van der Waals surface area contributed by atoms with Crippen molar-refractivity contribution in [3.63, 3.8) is 0 Å². The van der Waals surface area contributed by atoms with E-state index in [4.69, 9.17) is 0 Å². The van der Waals surface area contributed by atoms with Gasteiger partial charge < -0.3 is 9.88 Å². The number of aromatic amines is 1. The highest BCUT2D eigenvalue weighted by Gasteiger charge is 2.18. The predicted octanol–water partition coefficient (Wildman–Crippen LogP) is 3.66. The van der Waals surface area contributed by atoms with E-state index in [-0.39, 0.29) is 0 Å². The fourth-order valence-corrected chi connectivity index (χ4v) is 3.82. The summed E-state index contributed by atoms with van der Waals surface area (Å²) in [5.74, 6) is 0. The van der Waals surface area contributed by atoms with Gasteiger partial charge in [0.05, 0.1) is 0 Å². The Morgan fingerprint density at radius 2 is 2.06 bits per heavy atom. The van der Waals surface area contributed by atoms with E-state index < -0.39 is 0 Å². The molecule has 1 N–H and O–H groups in total. The Kier molecular flexibility index (Phi) is 3.35. The standard InChI is InChI=1S/C15H20N2S/c1-11-3-4-14-13(9-11)15(10-16-14)18-12-5-7-17(2)8-6-12/h3-4,9-10,12,16H,5-8H2,1-2H3. The summed E-state index contributed by atoms with van der Waals surface area (Å²) in [5, 5.41) is 2.17. The number of nitrogens with one attached hydrogen (secondary N) is 1. The van der Waals surface area contributed by atoms with Crippen LogP contribution in [0.25, 0.3) is 10.9 Å². The van der Waals surface area contributed by atoms with Crippen LogP contribution < -0.4 is 0 Å². The first-order valence-electron chi connectivity index (χ1n) is 6.65. The highest BCUT2D eigenvalue weighted by molar-refractivity contribution is 8.00. The van der Waals surface area contributed by atoms with E-state index in [1.807, 2.05) is 0 Å². The van der Waals surface area contributed by atoms with Crippen LogP contribution >= 0.6 is 11.8 Å². The van der Waals surface area contributed by atoms with Gasteiger partial charge in [-0.05, 0) is 52.0 Å². The molecule has 1 aromatic heterocycles. The summed E-state index contributed by atoms with van der Waals surface area (Å²) in [6.45, 7) is 4.63. The topological polar surface area (TPSA) is 19.0 Å². The van der Waals surface area contributed by atoms with Crippen molar-refractivity contribution in [1.82, 2.24) is 9.88 Å². The second-order valence-electron chi connectivity index (χ2n) is 5.32. The van der Waals surface area contributed by atoms with Gasteiger partial charge in [0.1, 0.15) is 0 Å². The normalized spacial score (nSPS) is 18.6. The number of likely N-dealkylation sites (tertiary alicyclic amines) is 1. The molecule has 0 radical (unpaired) electrons. The Morgan fingerprint density at radius 3 is 2.83 bits per heavy atom. The van der Waals surface area contributed by atoms with Crippen LogP contribution in [0.1, 0.15) is 18.4 Å². The van der Waals surface area contributed by atoms with Crippen LogP contribution in [-0.2, 0) is 0 Å². The second-order valence-corrected chi connectivity index (χ2v) is 6.66. The molecular weight excluding hydrogens is 240 g/mol. The maximum Gasteiger partial charge on any atom is 0.0465 e. The van der Waals surface area contributed by atoms with Gasteiger partial charge in [-0.3, -0.25) is 0 Å². The van der Waals surface area contributed by atoms with Gasteiger partial charge in [-0.2, -0.15) is 0 Å². The Morgan fingerprint density at radius 1 is 1.28 bits per heavy atom. The minimum Gasteiger partial charge on any atom is -0.360 e. The molecule has 0 bridgehead atoms. The molecule has 1 fully saturated rings. The second kappa shape index (κ2) is 4.98. The number of fused-ring (bicyclic) bond motifs is 1. The number of hydrogen-bond acceptors (Lipinski definition) is 2. The molecule has 3 rings (SSSR count). The lowest BCUT2D eigenvalue weighted by Crippen LogP contribution is -2.31. The predicted molar refractivity (Wildman–Crippen MR) is 79.4 cm³/mol. The van der Waals surface area contributed by atoms with Gasteiger partial charge in [0.15, 0.2) is 0 Å². The minimum absolute atomic E-state index is 0.778. The largest absolute Gasteiger partial charge is 0.360 e. The monoisotopic (exact) mass is 260 g/mol. The van der Waals surface area contributed by atoms with E-state index in [9.17, 15) is 0 Å². The van der Waals surface area contributed by atoms with Gasteiger partial charge in [0, 0.05) is 27.2 Å². The highest BCUT2D eigenvalue weighted by Crippen LogP contribution is 2.35. The van der Waals surface area contributed by atoms with Crippen LogP contribution in [0, 0.1) is 6.92 Å². The molecule has 3 heteroatoms. The first-order valence-corrected chi connectivity index (χ1v) is 7.53. The summed E-state index contributed by atoms with van der Waals surface area (Å²) >= 11 is 2.05. The maximum absolute atomic E-state index is 3.38. The molecule has 96 valence electrons. The summed E-state index contributed by atoms with van der Waals surface area (Å²) in [7, 11) is 2.22. The SMILES string of the molecule is Cc1ccc2[nH]cc(SC3CCN(C)CC3)c2c1. The molecule has 0 saturated carbocycles. The average Bonchev–Trinajstić information content (AvgIpc) is 2.75. The van der Waals surface area contributed by atoms with Crippen molar-refractivity contribution in [2.24, 2.45) is 0 Å². The minimum atomic E-state index is 0.778. The number of rotatable bonds is 2. The Hall–Kier alpha value is -0.930. The van der Waals surface area contributed by atoms with E-state index in [0.29, 0.717) is 0 Å². The van der Waals surface area contributed by atoms with Gasteiger partial charge in [-0.25, -0.2) is 0 Å². The molecule has 1 aliphatic rings. The molecule has 0 aliphatic carbocycles. The number of piperidine rings is 1. The number of nitrogens with zero attached hydrogens (tertiary/aromatic N) is 1. The molecule has 18 heavy (non-hydrogen) atoms. The number of aromatic nitrogens is 1. The van der Waals surface area contributed by atoms with E-state index >= 15 is 0 Å². The van der Waals surface area contributed by atoms with Crippen LogP contribution in [-0.4, -0.2) is 35.3 Å². The lowest BCUT2D eigenvalue weighted by atomic mass is 10.1. The fraction of sp³-hybridized carbons (Fsp3) is 0.467. The third-order valence-electron chi connectivity index (χ3n) is 3.76. The average molecular weight is 260 g/mol. The van der Waals surface area contributed by atoms with Gasteiger partial charge in [-0.1, -0.05) is 11.6 Å². The zero-order chi connectivity index (χ0) is 12.5. The highest BCUT2D eigenvalue weighted by atomic mass is 32.2. The van der Waals surface area contributed by atoms with E-state index in [1.165, 1.54) is 47.3 Å². The number of thioether (sulfide) groups is 1. The molecule has 2 nitrogen and oxygen atoms in total. The lowest BCUT2D eigenvalue weighted by molar-refractivity contribution is 0.282. The van der Waals surface area contributed by atoms with Gasteiger partial charge in [-0.15, -0.1) is 11.8 Å². The molecule has 0 amide bonds. The third kappa shape index (κ3) is 2.43. The fourth-order valence-electron chi connectivity index (χ4n) is 2.59. The number of aryl methyl sites for hydroxylation is 1. The summed E-state index contributed by atoms with van der Waals surface area (Å²) in [4.78, 5) is 7.23. The molecule has 1 aliphatic heterocycles. The van der Waals surface area contributed by atoms with Crippen LogP contribution in [0.2, 0.25) is 0 Å². The summed E-state index contributed by atoms with van der Waals surface area (Å²) < 4.78 is 0. The van der Waals surface area contributed by atoms with Gasteiger partial charge >= 0.3 is 0 Å². The maximum atomic E-state index is 3.38. The van der Waals surface area contributed by atoms with Crippen LogP contribution in [0.4, 0.5) is 0 Å². The summed E-state index contributed by atoms with van der Waals surface area (Å²) in [5.41, 5.74) is 2.60. The van der Waals surface area contributed by atoms with Crippen molar-refractivity contribution in [3.8, 4) is 0 Å². The first kappa shape index (κ1) is 12.1. The van der Waals surface area contributed by atoms with Crippen LogP contribution in [0.3, 0.4) is 0 Å². The third-order valence-corrected chi connectivity index (χ3v) is 5.15. The zero-order valence-electron chi connectivity index (χ0n) is 11.1. The number of hydrogen-bond donors (Lipinski definition) is 1. The summed E-state index contributed by atoms with van der Waals surface area (Å²) in [6, 6.07) is 6.65. The molecule has 0 spiro atoms. The molecule has 2 heterocycles. The van der Waals surface area contributed by atoms with Gasteiger partial charge in [0.2, 0.25) is 0 Å². The van der Waals surface area contributed by atoms with Crippen molar-refractivity contribution >= 4 is 22.7 Å². The van der Waals surface area contributed by atoms with E-state index in [2.05, 4.69) is 60.0 Å². The van der Waals surface area contributed by atoms with E-state index in [0.717, 1.165) is 5.25 Å². The summed E-state index contributed by atoms with van der Waals surface area (Å²) in [6.07, 6.45) is 4.78. The lowest BCUT2D eigenvalue weighted by Gasteiger charge is -2.28. The Balaban J connectivity index is 1.80. The molecule has 1 aromatic carbocycles. The number of H-pyrrole nitrogens is 1. The Bertz CT molecular complexity index is 538. The molecule has 0 atom stereocenters. The van der Waals surface area contributed by atoms with Crippen LogP contribution in [0.5, 0.6) is 0 Å². The number of benzene rings is 1. The van der Waals surface area contributed by atoms with Crippen molar-refractivity contribution in [2.45, 2.75) is 29.9 Å². The first-order chi connectivity index (χ1) is 8.72. The molecular formula is C15H20N2S.